The fourth-order valence-electron chi connectivity index (χ4n) is 4.93. The summed E-state index contributed by atoms with van der Waals surface area (Å²) in [5.74, 6) is 6.94. The number of imidazole rings is 1. The van der Waals surface area contributed by atoms with Gasteiger partial charge in [0.15, 0.2) is 11.2 Å². The zero-order valence-corrected chi connectivity index (χ0v) is 26.1. The van der Waals surface area contributed by atoms with Crippen molar-refractivity contribution in [1.82, 2.24) is 28.7 Å². The number of aromatic nitrogens is 6. The number of benzene rings is 1. The number of aliphatic hydroxyl groups excluding tert-OH is 2. The monoisotopic (exact) mass is 644 g/mol. The van der Waals surface area contributed by atoms with Crippen LogP contribution in [0.25, 0.3) is 22.1 Å². The lowest BCUT2D eigenvalue weighted by molar-refractivity contribution is 0.0419. The summed E-state index contributed by atoms with van der Waals surface area (Å²) < 4.78 is 18.1. The Bertz CT molecular complexity index is 1900. The van der Waals surface area contributed by atoms with E-state index in [0.717, 1.165) is 35.9 Å². The molecule has 242 valence electrons. The van der Waals surface area contributed by atoms with Crippen molar-refractivity contribution in [3.05, 3.63) is 56.6 Å². The molecule has 1 saturated heterocycles. The minimum atomic E-state index is -4.50. The number of nitrogens with two attached hydrogens (primary N) is 1. The molecule has 1 unspecified atom stereocenters. The molecule has 1 aromatic carbocycles. The van der Waals surface area contributed by atoms with E-state index in [2.05, 4.69) is 31.2 Å². The lowest BCUT2D eigenvalue weighted by Gasteiger charge is -2.31. The number of fused-ring (bicyclic) bond motifs is 2. The van der Waals surface area contributed by atoms with E-state index in [0.29, 0.717) is 29.5 Å². The molecular formula is C28H37N8O8P. The van der Waals surface area contributed by atoms with E-state index in [-0.39, 0.29) is 19.1 Å². The molecule has 5 rings (SSSR count). The van der Waals surface area contributed by atoms with E-state index in [9.17, 15) is 14.2 Å². The average Bonchev–Trinajstić information content (AvgIpc) is 3.39. The van der Waals surface area contributed by atoms with Gasteiger partial charge in [-0.1, -0.05) is 18.1 Å². The van der Waals surface area contributed by atoms with Crippen molar-refractivity contribution in [2.75, 3.05) is 31.2 Å². The number of phosphoric ester groups is 1. The lowest BCUT2D eigenvalue weighted by Crippen LogP contribution is -2.44. The van der Waals surface area contributed by atoms with Gasteiger partial charge in [0.1, 0.15) is 11.9 Å². The van der Waals surface area contributed by atoms with E-state index < -0.39 is 38.4 Å². The highest BCUT2D eigenvalue weighted by molar-refractivity contribution is 7.46. The summed E-state index contributed by atoms with van der Waals surface area (Å²) in [6.07, 6.45) is 2.38. The van der Waals surface area contributed by atoms with E-state index >= 15 is 0 Å². The molecule has 45 heavy (non-hydrogen) atoms. The van der Waals surface area contributed by atoms with Gasteiger partial charge in [0.2, 0.25) is 5.95 Å². The van der Waals surface area contributed by atoms with Crippen LogP contribution in [-0.4, -0.2) is 87.1 Å². The summed E-state index contributed by atoms with van der Waals surface area (Å²) in [4.78, 5) is 58.9. The van der Waals surface area contributed by atoms with E-state index in [1.54, 1.807) is 24.7 Å². The maximum atomic E-state index is 13.7. The Labute approximate surface area is 258 Å². The molecule has 1 fully saturated rings. The van der Waals surface area contributed by atoms with Gasteiger partial charge in [-0.15, -0.1) is 5.92 Å². The highest BCUT2D eigenvalue weighted by atomic mass is 31.2. The summed E-state index contributed by atoms with van der Waals surface area (Å²) in [5, 5.41) is 17.6. The lowest BCUT2D eigenvalue weighted by atomic mass is 10.1. The fourth-order valence-corrected chi connectivity index (χ4v) is 5.30. The number of phosphoric acid groups is 1. The Kier molecular flexibility index (Phi) is 10.9. The summed E-state index contributed by atoms with van der Waals surface area (Å²) in [5.41, 5.74) is 7.80. The van der Waals surface area contributed by atoms with Crippen LogP contribution in [0.15, 0.2) is 34.0 Å². The zero-order valence-electron chi connectivity index (χ0n) is 25.2. The molecule has 2 atom stereocenters. The standard InChI is InChI=1S/C25H28N8O2.C3H9O6P/c1-4-5-12-32-21-22(29-24(32)31-11-7-9-17(26)14-31)30(3)25(35)33(23(21)34)15-20-27-13-18-16(2)8-6-10-19(18)28-20;4-1-3(5)2-9-10(6,7)8/h6,8,10,13,17H,7,9,11-12,14-15,26H2,1-3H3;3-5H,1-2H2,(H2,6,7,8)/t17-;/m1./s1. The summed E-state index contributed by atoms with van der Waals surface area (Å²) in [7, 11) is -2.88. The highest BCUT2D eigenvalue weighted by Gasteiger charge is 2.26. The number of nitrogens with zero attached hydrogens (tertiary/aromatic N) is 7. The molecule has 0 radical (unpaired) electrons. The van der Waals surface area contributed by atoms with Crippen LogP contribution in [0.2, 0.25) is 0 Å². The average molecular weight is 645 g/mol. The van der Waals surface area contributed by atoms with Crippen LogP contribution >= 0.6 is 7.82 Å². The van der Waals surface area contributed by atoms with E-state index in [1.165, 1.54) is 9.13 Å². The Hall–Kier alpha value is -3.94. The number of rotatable bonds is 8. The number of piperidine rings is 1. The highest BCUT2D eigenvalue weighted by Crippen LogP contribution is 2.35. The van der Waals surface area contributed by atoms with Crippen molar-refractivity contribution in [3.63, 3.8) is 0 Å². The van der Waals surface area contributed by atoms with Gasteiger partial charge >= 0.3 is 13.5 Å². The van der Waals surface area contributed by atoms with Gasteiger partial charge < -0.3 is 30.6 Å². The predicted octanol–water partition coefficient (Wildman–Crippen LogP) is -0.404. The first kappa shape index (κ1) is 33.9. The number of hydrogen-bond acceptors (Lipinski definition) is 11. The Morgan fingerprint density at radius 1 is 1.22 bits per heavy atom. The van der Waals surface area contributed by atoms with Gasteiger partial charge in [-0.05, 0) is 38.3 Å². The smallest absolute Gasteiger partial charge is 0.394 e. The largest absolute Gasteiger partial charge is 0.469 e. The molecule has 0 aliphatic carbocycles. The number of aliphatic hydroxyl groups is 2. The van der Waals surface area contributed by atoms with Crippen molar-refractivity contribution in [2.24, 2.45) is 12.8 Å². The second-order valence-electron chi connectivity index (χ2n) is 10.6. The summed E-state index contributed by atoms with van der Waals surface area (Å²) in [6, 6.07) is 5.84. The van der Waals surface area contributed by atoms with Crippen LogP contribution in [0, 0.1) is 18.8 Å². The van der Waals surface area contributed by atoms with Gasteiger partial charge in [0.05, 0.1) is 31.8 Å². The maximum absolute atomic E-state index is 13.7. The summed E-state index contributed by atoms with van der Waals surface area (Å²) in [6.45, 7) is 4.25. The van der Waals surface area contributed by atoms with Gasteiger partial charge in [0.25, 0.3) is 5.56 Å². The minimum absolute atomic E-state index is 0.0310. The topological polar surface area (TPSA) is 224 Å². The van der Waals surface area contributed by atoms with Crippen LogP contribution in [0.5, 0.6) is 0 Å². The molecule has 3 aromatic heterocycles. The van der Waals surface area contributed by atoms with Crippen LogP contribution in [0.3, 0.4) is 0 Å². The molecule has 1 aliphatic heterocycles. The van der Waals surface area contributed by atoms with E-state index in [4.69, 9.17) is 30.7 Å². The van der Waals surface area contributed by atoms with Crippen LogP contribution in [0.4, 0.5) is 5.95 Å². The third-order valence-electron chi connectivity index (χ3n) is 7.21. The molecule has 1 aliphatic rings. The molecule has 0 bridgehead atoms. The number of aryl methyl sites for hydroxylation is 2. The van der Waals surface area contributed by atoms with E-state index in [1.807, 2.05) is 25.1 Å². The quantitative estimate of drug-likeness (QED) is 0.122. The second kappa shape index (κ2) is 14.4. The maximum Gasteiger partial charge on any atom is 0.469 e. The molecule has 0 spiro atoms. The first-order valence-corrected chi connectivity index (χ1v) is 15.7. The van der Waals surface area contributed by atoms with Gasteiger partial charge in [-0.25, -0.2) is 19.3 Å². The van der Waals surface area contributed by atoms with Crippen molar-refractivity contribution in [2.45, 2.75) is 51.9 Å². The number of hydrogen-bond donors (Lipinski definition) is 5. The Morgan fingerprint density at radius 2 is 1.98 bits per heavy atom. The number of anilines is 1. The molecular weight excluding hydrogens is 607 g/mol. The molecule has 0 saturated carbocycles. The first-order valence-electron chi connectivity index (χ1n) is 14.1. The van der Waals surface area contributed by atoms with Crippen LogP contribution < -0.4 is 21.9 Å². The van der Waals surface area contributed by atoms with Crippen LogP contribution in [0.1, 0.15) is 31.2 Å². The van der Waals surface area contributed by atoms with Crippen molar-refractivity contribution < 1.29 is 29.1 Å². The van der Waals surface area contributed by atoms with Crippen molar-refractivity contribution >= 4 is 35.8 Å². The normalized spacial score (nSPS) is 15.8. The fraction of sp³-hybridized carbons (Fsp3) is 0.464. The van der Waals surface area contributed by atoms with Gasteiger partial charge in [-0.2, -0.15) is 4.98 Å². The zero-order chi connectivity index (χ0) is 32.9. The first-order chi connectivity index (χ1) is 21.3. The molecule has 4 aromatic rings. The van der Waals surface area contributed by atoms with Crippen molar-refractivity contribution in [3.8, 4) is 11.8 Å². The summed E-state index contributed by atoms with van der Waals surface area (Å²) >= 11 is 0. The molecule has 0 amide bonds. The van der Waals surface area contributed by atoms with Gasteiger partial charge in [-0.3, -0.25) is 23.0 Å². The molecule has 17 heteroatoms. The Morgan fingerprint density at radius 3 is 2.64 bits per heavy atom. The third-order valence-corrected chi connectivity index (χ3v) is 7.69. The van der Waals surface area contributed by atoms with Gasteiger partial charge in [0, 0.05) is 37.8 Å². The SMILES string of the molecule is CC#CCn1c(N2CCC[C@@H](N)C2)nc2c1c(=O)n(Cc1ncc3c(C)cccc3n1)c(=O)n2C.O=P(O)(O)OCC(O)CO. The molecule has 4 heterocycles. The Balaban J connectivity index is 0.000000399. The van der Waals surface area contributed by atoms with Crippen molar-refractivity contribution in [1.29, 1.82) is 0 Å². The second-order valence-corrected chi connectivity index (χ2v) is 11.8. The third kappa shape index (κ3) is 8.02. The minimum Gasteiger partial charge on any atom is -0.394 e. The van der Waals surface area contributed by atoms with Crippen LogP contribution in [-0.2, 0) is 29.2 Å². The molecule has 6 N–H and O–H groups in total. The molecule has 16 nitrogen and oxygen atoms in total. The predicted molar refractivity (Wildman–Crippen MR) is 167 cm³/mol.